The molecule has 0 radical (unpaired) electrons. The molecule has 3 rings (SSSR count). The van der Waals surface area contributed by atoms with E-state index in [0.29, 0.717) is 11.4 Å². The van der Waals surface area contributed by atoms with Crippen LogP contribution in [-0.4, -0.2) is 29.4 Å². The van der Waals surface area contributed by atoms with Crippen LogP contribution in [0.4, 0.5) is 0 Å². The van der Waals surface area contributed by atoms with Crippen LogP contribution in [0.1, 0.15) is 16.1 Å². The Morgan fingerprint density at radius 3 is 2.60 bits per heavy atom. The van der Waals surface area contributed by atoms with Crippen molar-refractivity contribution in [1.29, 1.82) is 0 Å². The predicted molar refractivity (Wildman–Crippen MR) is 99.8 cm³/mol. The number of benzene rings is 2. The van der Waals surface area contributed by atoms with E-state index >= 15 is 0 Å². The van der Waals surface area contributed by atoms with Crippen LogP contribution in [-0.2, 0) is 0 Å². The molecule has 2 aromatic carbocycles. The highest BCUT2D eigenvalue weighted by atomic mass is 79.9. The Balaban J connectivity index is 1.63. The van der Waals surface area contributed by atoms with Crippen molar-refractivity contribution in [2.24, 2.45) is 5.10 Å². The molecule has 7 heteroatoms. The molecule has 0 saturated heterocycles. The highest BCUT2D eigenvalue weighted by Crippen LogP contribution is 2.20. The highest BCUT2D eigenvalue weighted by Gasteiger charge is 2.10. The molecule has 126 valence electrons. The lowest BCUT2D eigenvalue weighted by atomic mass is 10.1. The van der Waals surface area contributed by atoms with Crippen LogP contribution < -0.4 is 10.2 Å². The van der Waals surface area contributed by atoms with Crippen LogP contribution in [0.2, 0.25) is 0 Å². The lowest BCUT2D eigenvalue weighted by molar-refractivity contribution is 0.0950. The third-order valence-electron chi connectivity index (χ3n) is 3.46. The molecule has 0 atom stereocenters. The van der Waals surface area contributed by atoms with E-state index in [2.05, 4.69) is 36.7 Å². The predicted octanol–water partition coefficient (Wildman–Crippen LogP) is 3.61. The molecule has 1 heterocycles. The molecule has 1 amide bonds. The summed E-state index contributed by atoms with van der Waals surface area (Å²) in [6.07, 6.45) is 1.56. The Labute approximate surface area is 153 Å². The number of nitrogens with one attached hydrogen (secondary N) is 2. The van der Waals surface area contributed by atoms with Gasteiger partial charge in [0.25, 0.3) is 5.91 Å². The first-order valence-electron chi connectivity index (χ1n) is 7.44. The van der Waals surface area contributed by atoms with Crippen molar-refractivity contribution >= 4 is 28.1 Å². The van der Waals surface area contributed by atoms with Crippen molar-refractivity contribution in [2.75, 3.05) is 7.11 Å². The van der Waals surface area contributed by atoms with E-state index < -0.39 is 0 Å². The highest BCUT2D eigenvalue weighted by molar-refractivity contribution is 9.10. The number of halogens is 1. The average molecular weight is 399 g/mol. The Bertz CT molecular complexity index is 886. The van der Waals surface area contributed by atoms with Gasteiger partial charge in [-0.1, -0.05) is 28.1 Å². The first kappa shape index (κ1) is 16.9. The van der Waals surface area contributed by atoms with E-state index in [1.807, 2.05) is 48.5 Å². The van der Waals surface area contributed by atoms with Crippen LogP contribution in [0, 0.1) is 0 Å². The lowest BCUT2D eigenvalue weighted by Crippen LogP contribution is -2.17. The fraction of sp³-hybridized carbons (Fsp3) is 0.0556. The lowest BCUT2D eigenvalue weighted by Gasteiger charge is -1.99. The number of H-pyrrole nitrogens is 1. The molecule has 2 N–H and O–H groups in total. The van der Waals surface area contributed by atoms with Crippen molar-refractivity contribution in [2.45, 2.75) is 0 Å². The number of ether oxygens (including phenoxy) is 1. The molecule has 0 saturated carbocycles. The van der Waals surface area contributed by atoms with Crippen LogP contribution in [0.25, 0.3) is 11.3 Å². The van der Waals surface area contributed by atoms with Crippen LogP contribution in [0.15, 0.2) is 64.2 Å². The molecule has 6 nitrogen and oxygen atoms in total. The normalized spacial score (nSPS) is 10.8. The van der Waals surface area contributed by atoms with E-state index in [1.165, 1.54) is 0 Å². The Hall–Kier alpha value is -2.93. The van der Waals surface area contributed by atoms with Crippen molar-refractivity contribution < 1.29 is 9.53 Å². The van der Waals surface area contributed by atoms with E-state index in [-0.39, 0.29) is 5.91 Å². The summed E-state index contributed by atoms with van der Waals surface area (Å²) in [5.74, 6) is 0.403. The van der Waals surface area contributed by atoms with Crippen molar-refractivity contribution in [3.05, 3.63) is 70.3 Å². The molecule has 25 heavy (non-hydrogen) atoms. The maximum Gasteiger partial charge on any atom is 0.289 e. The van der Waals surface area contributed by atoms with Gasteiger partial charge in [-0.05, 0) is 48.0 Å². The van der Waals surface area contributed by atoms with E-state index in [4.69, 9.17) is 4.74 Å². The Morgan fingerprint density at radius 1 is 1.20 bits per heavy atom. The van der Waals surface area contributed by atoms with Gasteiger partial charge >= 0.3 is 0 Å². The van der Waals surface area contributed by atoms with E-state index in [1.54, 1.807) is 19.4 Å². The number of methoxy groups -OCH3 is 1. The largest absolute Gasteiger partial charge is 0.497 e. The number of aromatic nitrogens is 2. The minimum Gasteiger partial charge on any atom is -0.497 e. The second-order valence-corrected chi connectivity index (χ2v) is 6.06. The van der Waals surface area contributed by atoms with Gasteiger partial charge in [0.1, 0.15) is 11.4 Å². The quantitative estimate of drug-likeness (QED) is 0.508. The number of rotatable bonds is 5. The van der Waals surface area contributed by atoms with Gasteiger partial charge in [0.2, 0.25) is 0 Å². The number of aromatic amines is 1. The zero-order valence-corrected chi connectivity index (χ0v) is 14.9. The summed E-state index contributed by atoms with van der Waals surface area (Å²) in [6, 6.07) is 16.7. The first-order valence-corrected chi connectivity index (χ1v) is 8.24. The Morgan fingerprint density at radius 2 is 1.92 bits per heavy atom. The van der Waals surface area contributed by atoms with Gasteiger partial charge in [0.15, 0.2) is 0 Å². The molecule has 0 fully saturated rings. The maximum absolute atomic E-state index is 12.1. The summed E-state index contributed by atoms with van der Waals surface area (Å²) >= 11 is 3.39. The summed E-state index contributed by atoms with van der Waals surface area (Å²) in [4.78, 5) is 12.1. The molecule has 0 aliphatic rings. The van der Waals surface area contributed by atoms with Crippen molar-refractivity contribution in [3.63, 3.8) is 0 Å². The van der Waals surface area contributed by atoms with Gasteiger partial charge < -0.3 is 4.74 Å². The average Bonchev–Trinajstić information content (AvgIpc) is 3.13. The standard InChI is InChI=1S/C18H15BrN4O2/c1-25-15-8-2-12(3-9-15)11-20-23-18(24)17-10-16(21-22-17)13-4-6-14(19)7-5-13/h2-11H,1H3,(H,21,22)(H,23,24). The van der Waals surface area contributed by atoms with Crippen LogP contribution in [0.5, 0.6) is 5.75 Å². The summed E-state index contributed by atoms with van der Waals surface area (Å²) in [5, 5.41) is 10.8. The van der Waals surface area contributed by atoms with Crippen LogP contribution >= 0.6 is 15.9 Å². The number of amides is 1. The molecular formula is C18H15BrN4O2. The molecule has 3 aromatic rings. The molecular weight excluding hydrogens is 384 g/mol. The number of carbonyl (C=O) groups is 1. The number of hydrazone groups is 1. The minimum absolute atomic E-state index is 0.338. The first-order chi connectivity index (χ1) is 12.2. The second kappa shape index (κ2) is 7.76. The SMILES string of the molecule is COc1ccc(C=NNC(=O)c2cc(-c3ccc(Br)cc3)n[nH]2)cc1. The third-order valence-corrected chi connectivity index (χ3v) is 3.99. The fourth-order valence-corrected chi connectivity index (χ4v) is 2.39. The van der Waals surface area contributed by atoms with Gasteiger partial charge in [-0.25, -0.2) is 5.43 Å². The van der Waals surface area contributed by atoms with Crippen LogP contribution in [0.3, 0.4) is 0 Å². The molecule has 0 unspecified atom stereocenters. The fourth-order valence-electron chi connectivity index (χ4n) is 2.12. The molecule has 0 aliphatic carbocycles. The number of hydrogen-bond acceptors (Lipinski definition) is 4. The maximum atomic E-state index is 12.1. The number of nitrogens with zero attached hydrogens (tertiary/aromatic N) is 2. The van der Waals surface area contributed by atoms with Gasteiger partial charge in [-0.2, -0.15) is 10.2 Å². The zero-order valence-electron chi connectivity index (χ0n) is 13.4. The number of carbonyl (C=O) groups excluding carboxylic acids is 1. The molecule has 0 bridgehead atoms. The van der Waals surface area contributed by atoms with Gasteiger partial charge in [-0.3, -0.25) is 9.89 Å². The monoisotopic (exact) mass is 398 g/mol. The van der Waals surface area contributed by atoms with Crippen molar-refractivity contribution in [1.82, 2.24) is 15.6 Å². The molecule has 1 aromatic heterocycles. The molecule has 0 aliphatic heterocycles. The summed E-state index contributed by atoms with van der Waals surface area (Å²) in [7, 11) is 1.61. The van der Waals surface area contributed by atoms with E-state index in [0.717, 1.165) is 21.3 Å². The van der Waals surface area contributed by atoms with Gasteiger partial charge in [0.05, 0.1) is 19.0 Å². The number of hydrogen-bond donors (Lipinski definition) is 2. The summed E-state index contributed by atoms with van der Waals surface area (Å²) in [6.45, 7) is 0. The minimum atomic E-state index is -0.361. The summed E-state index contributed by atoms with van der Waals surface area (Å²) in [5.41, 5.74) is 5.26. The zero-order chi connectivity index (χ0) is 17.6. The third kappa shape index (κ3) is 4.33. The van der Waals surface area contributed by atoms with Crippen molar-refractivity contribution in [3.8, 4) is 17.0 Å². The van der Waals surface area contributed by atoms with Gasteiger partial charge in [0, 0.05) is 10.0 Å². The Kier molecular flexibility index (Phi) is 5.25. The topological polar surface area (TPSA) is 79.4 Å². The van der Waals surface area contributed by atoms with E-state index in [9.17, 15) is 4.79 Å². The smallest absolute Gasteiger partial charge is 0.289 e. The second-order valence-electron chi connectivity index (χ2n) is 5.15. The van der Waals surface area contributed by atoms with Gasteiger partial charge in [-0.15, -0.1) is 0 Å². The molecule has 0 spiro atoms. The summed E-state index contributed by atoms with van der Waals surface area (Å²) < 4.78 is 6.07.